The van der Waals surface area contributed by atoms with Gasteiger partial charge in [0.2, 0.25) is 11.5 Å². The van der Waals surface area contributed by atoms with Crippen molar-refractivity contribution in [1.82, 2.24) is 0 Å². The first-order valence-corrected chi connectivity index (χ1v) is 5.65. The van der Waals surface area contributed by atoms with Crippen LogP contribution in [0.15, 0.2) is 28.7 Å². The van der Waals surface area contributed by atoms with Crippen LogP contribution in [-0.4, -0.2) is 24.4 Å². The van der Waals surface area contributed by atoms with Gasteiger partial charge >= 0.3 is 0 Å². The summed E-state index contributed by atoms with van der Waals surface area (Å²) in [6.45, 7) is 0. The van der Waals surface area contributed by atoms with E-state index in [4.69, 9.17) is 13.9 Å². The number of hydrogen-bond donors (Lipinski definition) is 2. The molecule has 0 bridgehead atoms. The number of phenols is 2. The van der Waals surface area contributed by atoms with Gasteiger partial charge in [0.15, 0.2) is 22.7 Å². The van der Waals surface area contributed by atoms with E-state index in [2.05, 4.69) is 0 Å². The van der Waals surface area contributed by atoms with Crippen LogP contribution in [0.25, 0.3) is 21.9 Å². The van der Waals surface area contributed by atoms with Crippen LogP contribution in [-0.2, 0) is 0 Å². The second-order valence-corrected chi connectivity index (χ2v) is 4.09. The Bertz CT molecular complexity index is 708. The number of fused-ring (bicyclic) bond motifs is 3. The third kappa shape index (κ3) is 1.48. The largest absolute Gasteiger partial charge is 0.504 e. The molecule has 0 amide bonds. The number of phenolic OH excluding ortho intramolecular Hbond substituents is 2. The van der Waals surface area contributed by atoms with Gasteiger partial charge in [-0.1, -0.05) is 0 Å². The number of hydrogen-bond acceptors (Lipinski definition) is 5. The fraction of sp³-hybridized carbons (Fsp3) is 0.143. The molecule has 0 unspecified atom stereocenters. The van der Waals surface area contributed by atoms with Crippen LogP contribution in [0, 0.1) is 0 Å². The summed E-state index contributed by atoms with van der Waals surface area (Å²) in [7, 11) is 2.91. The highest BCUT2D eigenvalue weighted by molar-refractivity contribution is 6.09. The van der Waals surface area contributed by atoms with Crippen LogP contribution < -0.4 is 9.47 Å². The summed E-state index contributed by atoms with van der Waals surface area (Å²) < 4.78 is 16.0. The van der Waals surface area contributed by atoms with E-state index in [0.717, 1.165) is 10.8 Å². The van der Waals surface area contributed by atoms with E-state index in [1.165, 1.54) is 26.4 Å². The third-order valence-corrected chi connectivity index (χ3v) is 3.09. The lowest BCUT2D eigenvalue weighted by Gasteiger charge is -2.02. The smallest absolute Gasteiger partial charge is 0.204 e. The summed E-state index contributed by atoms with van der Waals surface area (Å²) in [5.41, 5.74) is 0.836. The standard InChI is InChI=1S/C14H12O5/c1-17-13-9(15)5-3-7-8-4-6-10(16)14(18-2)12(8)19-11(7)13/h3-6,15-16H,1-2H3. The van der Waals surface area contributed by atoms with Crippen molar-refractivity contribution in [3.8, 4) is 23.0 Å². The Hall–Kier alpha value is -2.56. The van der Waals surface area contributed by atoms with Gasteiger partial charge in [0, 0.05) is 10.8 Å². The molecule has 1 heterocycles. The number of rotatable bonds is 2. The number of methoxy groups -OCH3 is 2. The van der Waals surface area contributed by atoms with Crippen LogP contribution in [0.4, 0.5) is 0 Å². The molecule has 0 aliphatic rings. The minimum atomic E-state index is -0.00255. The highest BCUT2D eigenvalue weighted by Gasteiger charge is 2.19. The molecule has 19 heavy (non-hydrogen) atoms. The summed E-state index contributed by atoms with van der Waals surface area (Å²) in [5, 5.41) is 21.1. The molecule has 0 spiro atoms. The summed E-state index contributed by atoms with van der Waals surface area (Å²) in [6.07, 6.45) is 0. The number of aromatic hydroxyl groups is 2. The SMILES string of the molecule is COc1c(O)ccc2c1oc1c(OC)c(O)ccc12. The third-order valence-electron chi connectivity index (χ3n) is 3.09. The lowest BCUT2D eigenvalue weighted by atomic mass is 10.1. The lowest BCUT2D eigenvalue weighted by Crippen LogP contribution is -1.83. The second kappa shape index (κ2) is 3.98. The number of ether oxygens (including phenoxy) is 2. The average Bonchev–Trinajstić information content (AvgIpc) is 2.77. The molecule has 3 rings (SSSR count). The van der Waals surface area contributed by atoms with Crippen molar-refractivity contribution >= 4 is 21.9 Å². The summed E-state index contributed by atoms with van der Waals surface area (Å²) in [6, 6.07) is 6.54. The van der Waals surface area contributed by atoms with Crippen LogP contribution in [0.1, 0.15) is 0 Å². The van der Waals surface area contributed by atoms with Gasteiger partial charge in [-0.05, 0) is 24.3 Å². The maximum Gasteiger partial charge on any atom is 0.204 e. The fourth-order valence-corrected chi connectivity index (χ4v) is 2.23. The van der Waals surface area contributed by atoms with Gasteiger partial charge in [0.1, 0.15) is 0 Å². The molecule has 0 aliphatic heterocycles. The molecule has 0 atom stereocenters. The van der Waals surface area contributed by atoms with Crippen molar-refractivity contribution in [2.75, 3.05) is 14.2 Å². The first kappa shape index (κ1) is 11.5. The van der Waals surface area contributed by atoms with Crippen molar-refractivity contribution in [3.63, 3.8) is 0 Å². The van der Waals surface area contributed by atoms with Gasteiger partial charge in [0.25, 0.3) is 0 Å². The number of furan rings is 1. The van der Waals surface area contributed by atoms with Crippen LogP contribution in [0.5, 0.6) is 23.0 Å². The Morgan fingerprint density at radius 2 is 1.21 bits per heavy atom. The van der Waals surface area contributed by atoms with Crippen molar-refractivity contribution < 1.29 is 24.1 Å². The minimum Gasteiger partial charge on any atom is -0.504 e. The molecule has 0 saturated heterocycles. The Morgan fingerprint density at radius 1 is 0.789 bits per heavy atom. The van der Waals surface area contributed by atoms with E-state index in [9.17, 15) is 10.2 Å². The Kier molecular flexibility index (Phi) is 2.41. The summed E-state index contributed by atoms with van der Waals surface area (Å²) in [4.78, 5) is 0. The first-order chi connectivity index (χ1) is 9.17. The lowest BCUT2D eigenvalue weighted by molar-refractivity contribution is 0.366. The van der Waals surface area contributed by atoms with Crippen molar-refractivity contribution in [1.29, 1.82) is 0 Å². The summed E-state index contributed by atoms with van der Waals surface area (Å²) in [5.74, 6) is 0.514. The highest BCUT2D eigenvalue weighted by Crippen LogP contribution is 2.44. The Morgan fingerprint density at radius 3 is 1.58 bits per heavy atom. The average molecular weight is 260 g/mol. The van der Waals surface area contributed by atoms with E-state index in [0.29, 0.717) is 11.2 Å². The first-order valence-electron chi connectivity index (χ1n) is 5.65. The fourth-order valence-electron chi connectivity index (χ4n) is 2.23. The number of benzene rings is 2. The second-order valence-electron chi connectivity index (χ2n) is 4.09. The molecule has 0 aliphatic carbocycles. The predicted molar refractivity (Wildman–Crippen MR) is 70.2 cm³/mol. The van der Waals surface area contributed by atoms with Gasteiger partial charge < -0.3 is 24.1 Å². The van der Waals surface area contributed by atoms with Crippen molar-refractivity contribution in [2.45, 2.75) is 0 Å². The monoisotopic (exact) mass is 260 g/mol. The molecule has 2 aromatic carbocycles. The molecule has 0 radical (unpaired) electrons. The van der Waals surface area contributed by atoms with Gasteiger partial charge in [-0.2, -0.15) is 0 Å². The molecular weight excluding hydrogens is 248 g/mol. The van der Waals surface area contributed by atoms with Crippen LogP contribution >= 0.6 is 0 Å². The topological polar surface area (TPSA) is 72.1 Å². The van der Waals surface area contributed by atoms with Gasteiger partial charge in [-0.15, -0.1) is 0 Å². The van der Waals surface area contributed by atoms with Gasteiger partial charge in [-0.3, -0.25) is 0 Å². The van der Waals surface area contributed by atoms with Gasteiger partial charge in [-0.25, -0.2) is 0 Å². The van der Waals surface area contributed by atoms with Crippen molar-refractivity contribution in [2.24, 2.45) is 0 Å². The molecular formula is C14H12O5. The van der Waals surface area contributed by atoms with E-state index < -0.39 is 0 Å². The molecule has 0 saturated carbocycles. The maximum absolute atomic E-state index is 9.75. The zero-order valence-electron chi connectivity index (χ0n) is 10.4. The molecule has 5 heteroatoms. The minimum absolute atomic E-state index is 0.00255. The molecule has 0 fully saturated rings. The quantitative estimate of drug-likeness (QED) is 0.741. The predicted octanol–water partition coefficient (Wildman–Crippen LogP) is 3.01. The maximum atomic E-state index is 9.75. The van der Waals surface area contributed by atoms with Crippen molar-refractivity contribution in [3.05, 3.63) is 24.3 Å². The zero-order valence-corrected chi connectivity index (χ0v) is 10.4. The molecule has 98 valence electrons. The molecule has 3 aromatic rings. The van der Waals surface area contributed by atoms with E-state index in [-0.39, 0.29) is 23.0 Å². The van der Waals surface area contributed by atoms with Crippen LogP contribution in [0.3, 0.4) is 0 Å². The molecule has 2 N–H and O–H groups in total. The molecule has 5 nitrogen and oxygen atoms in total. The normalized spacial score (nSPS) is 11.1. The Labute approximate surface area is 108 Å². The van der Waals surface area contributed by atoms with E-state index >= 15 is 0 Å². The van der Waals surface area contributed by atoms with Crippen LogP contribution in [0.2, 0.25) is 0 Å². The van der Waals surface area contributed by atoms with Gasteiger partial charge in [0.05, 0.1) is 14.2 Å². The zero-order chi connectivity index (χ0) is 13.6. The Balaban J connectivity index is 2.51. The highest BCUT2D eigenvalue weighted by atomic mass is 16.5. The molecule has 1 aromatic heterocycles. The van der Waals surface area contributed by atoms with E-state index in [1.807, 2.05) is 0 Å². The summed E-state index contributed by atoms with van der Waals surface area (Å²) >= 11 is 0. The van der Waals surface area contributed by atoms with E-state index in [1.54, 1.807) is 12.1 Å².